The van der Waals surface area contributed by atoms with Gasteiger partial charge in [-0.05, 0) is 35.4 Å². The van der Waals surface area contributed by atoms with Crippen molar-refractivity contribution < 1.29 is 4.79 Å². The van der Waals surface area contributed by atoms with E-state index in [-0.39, 0.29) is 11.3 Å². The van der Waals surface area contributed by atoms with E-state index in [1.807, 2.05) is 0 Å². The minimum absolute atomic E-state index is 0.0431. The van der Waals surface area contributed by atoms with E-state index in [1.165, 1.54) is 22.0 Å². The molecule has 0 aliphatic carbocycles. The molecule has 0 radical (unpaired) electrons. The number of nitrogens with one attached hydrogen (secondary N) is 2. The Morgan fingerprint density at radius 1 is 1.29 bits per heavy atom. The van der Waals surface area contributed by atoms with Crippen LogP contribution in [-0.2, 0) is 17.6 Å². The summed E-state index contributed by atoms with van der Waals surface area (Å²) in [5.74, 6) is 0.135. The van der Waals surface area contributed by atoms with Crippen molar-refractivity contribution in [3.8, 4) is 0 Å². The molecule has 114 valence electrons. The first-order valence-corrected chi connectivity index (χ1v) is 7.74. The van der Waals surface area contributed by atoms with Crippen LogP contribution in [0.1, 0.15) is 45.2 Å². The van der Waals surface area contributed by atoms with Gasteiger partial charge in [0.1, 0.15) is 0 Å². The average molecular weight is 286 g/mol. The van der Waals surface area contributed by atoms with Crippen LogP contribution < -0.4 is 5.32 Å². The molecule has 21 heavy (non-hydrogen) atoms. The van der Waals surface area contributed by atoms with E-state index in [9.17, 15) is 4.79 Å². The first-order chi connectivity index (χ1) is 9.89. The van der Waals surface area contributed by atoms with Gasteiger partial charge in [0.25, 0.3) is 0 Å². The van der Waals surface area contributed by atoms with Crippen LogP contribution in [0.25, 0.3) is 10.9 Å². The molecule has 1 aromatic carbocycles. The van der Waals surface area contributed by atoms with Gasteiger partial charge < -0.3 is 10.3 Å². The first kappa shape index (κ1) is 15.6. The van der Waals surface area contributed by atoms with Gasteiger partial charge in [0.05, 0.1) is 0 Å². The lowest BCUT2D eigenvalue weighted by atomic mass is 9.92. The first-order valence-electron chi connectivity index (χ1n) is 7.74. The van der Waals surface area contributed by atoms with Gasteiger partial charge in [0.2, 0.25) is 5.91 Å². The van der Waals surface area contributed by atoms with Crippen LogP contribution >= 0.6 is 0 Å². The second-order valence-corrected chi connectivity index (χ2v) is 6.88. The monoisotopic (exact) mass is 286 g/mol. The van der Waals surface area contributed by atoms with Crippen LogP contribution in [0.5, 0.6) is 0 Å². The Morgan fingerprint density at radius 2 is 2.05 bits per heavy atom. The molecule has 0 saturated heterocycles. The summed E-state index contributed by atoms with van der Waals surface area (Å²) in [7, 11) is 0. The predicted molar refractivity (Wildman–Crippen MR) is 88.5 cm³/mol. The summed E-state index contributed by atoms with van der Waals surface area (Å²) < 4.78 is 0. The Hall–Kier alpha value is -1.77. The Bertz CT molecular complexity index is 620. The minimum atomic E-state index is 0.0431. The maximum Gasteiger partial charge on any atom is 0.220 e. The molecule has 1 amide bonds. The second kappa shape index (κ2) is 6.33. The van der Waals surface area contributed by atoms with Gasteiger partial charge in [-0.2, -0.15) is 0 Å². The topological polar surface area (TPSA) is 44.9 Å². The average Bonchev–Trinajstić information content (AvgIpc) is 2.79. The molecule has 0 atom stereocenters. The summed E-state index contributed by atoms with van der Waals surface area (Å²) in [4.78, 5) is 15.1. The van der Waals surface area contributed by atoms with Gasteiger partial charge in [-0.1, -0.05) is 39.8 Å². The number of amides is 1. The van der Waals surface area contributed by atoms with Gasteiger partial charge in [0, 0.05) is 30.1 Å². The number of aromatic nitrogens is 1. The number of hydrogen-bond donors (Lipinski definition) is 2. The summed E-state index contributed by atoms with van der Waals surface area (Å²) in [5, 5.41) is 4.27. The SMILES string of the molecule is CCc1ccc2c(CCNC(=O)CC(C)(C)C)c[nH]c2c1. The van der Waals surface area contributed by atoms with Crippen molar-refractivity contribution in [2.45, 2.75) is 47.0 Å². The lowest BCUT2D eigenvalue weighted by Gasteiger charge is -2.17. The maximum atomic E-state index is 11.8. The highest BCUT2D eigenvalue weighted by molar-refractivity contribution is 5.84. The van der Waals surface area contributed by atoms with Crippen molar-refractivity contribution in [2.75, 3.05) is 6.54 Å². The van der Waals surface area contributed by atoms with Crippen LogP contribution in [0, 0.1) is 5.41 Å². The Balaban J connectivity index is 1.93. The third kappa shape index (κ3) is 4.35. The fourth-order valence-electron chi connectivity index (χ4n) is 2.54. The second-order valence-electron chi connectivity index (χ2n) is 6.88. The molecule has 0 bridgehead atoms. The van der Waals surface area contributed by atoms with Crippen molar-refractivity contribution in [1.29, 1.82) is 0 Å². The molecule has 1 heterocycles. The summed E-state index contributed by atoms with van der Waals surface area (Å²) in [6, 6.07) is 6.56. The summed E-state index contributed by atoms with van der Waals surface area (Å²) >= 11 is 0. The van der Waals surface area contributed by atoms with Gasteiger partial charge in [-0.3, -0.25) is 4.79 Å². The standard InChI is InChI=1S/C18H26N2O/c1-5-13-6-7-15-14(12-20-16(15)10-13)8-9-19-17(21)11-18(2,3)4/h6-7,10,12,20H,5,8-9,11H2,1-4H3,(H,19,21). The van der Waals surface area contributed by atoms with E-state index in [2.05, 4.69) is 62.4 Å². The van der Waals surface area contributed by atoms with Crippen molar-refractivity contribution in [1.82, 2.24) is 10.3 Å². The third-order valence-electron chi connectivity index (χ3n) is 3.65. The molecule has 0 spiro atoms. The zero-order valence-corrected chi connectivity index (χ0v) is 13.5. The lowest BCUT2D eigenvalue weighted by molar-refractivity contribution is -0.122. The van der Waals surface area contributed by atoms with E-state index >= 15 is 0 Å². The number of fused-ring (bicyclic) bond motifs is 1. The summed E-state index contributed by atoms with van der Waals surface area (Å²) in [6.07, 6.45) is 4.54. The van der Waals surface area contributed by atoms with Crippen LogP contribution in [0.2, 0.25) is 0 Å². The van der Waals surface area contributed by atoms with E-state index in [4.69, 9.17) is 0 Å². The normalized spacial score (nSPS) is 11.8. The number of carbonyl (C=O) groups is 1. The van der Waals surface area contributed by atoms with E-state index < -0.39 is 0 Å². The molecule has 0 aliphatic rings. The molecule has 0 fully saturated rings. The molecule has 2 aromatic rings. The number of rotatable bonds is 5. The molecule has 0 unspecified atom stereocenters. The van der Waals surface area contributed by atoms with Crippen molar-refractivity contribution in [3.63, 3.8) is 0 Å². The number of benzene rings is 1. The molecule has 0 saturated carbocycles. The van der Waals surface area contributed by atoms with E-state index in [0.717, 1.165) is 12.8 Å². The Kier molecular flexibility index (Phi) is 4.71. The van der Waals surface area contributed by atoms with Crippen LogP contribution in [0.3, 0.4) is 0 Å². The molecule has 0 aliphatic heterocycles. The molecule has 3 nitrogen and oxygen atoms in total. The molecular formula is C18H26N2O. The van der Waals surface area contributed by atoms with Gasteiger partial charge in [0.15, 0.2) is 0 Å². The van der Waals surface area contributed by atoms with Gasteiger partial charge in [-0.25, -0.2) is 0 Å². The molecular weight excluding hydrogens is 260 g/mol. The number of hydrogen-bond acceptors (Lipinski definition) is 1. The molecule has 2 rings (SSSR count). The van der Waals surface area contributed by atoms with E-state index in [1.54, 1.807) is 0 Å². The number of carbonyl (C=O) groups excluding carboxylic acids is 1. The van der Waals surface area contributed by atoms with Gasteiger partial charge >= 0.3 is 0 Å². The van der Waals surface area contributed by atoms with Crippen molar-refractivity contribution in [2.24, 2.45) is 5.41 Å². The molecule has 3 heteroatoms. The fourth-order valence-corrected chi connectivity index (χ4v) is 2.54. The molecule has 1 aromatic heterocycles. The van der Waals surface area contributed by atoms with Gasteiger partial charge in [-0.15, -0.1) is 0 Å². The smallest absolute Gasteiger partial charge is 0.220 e. The zero-order chi connectivity index (χ0) is 15.5. The largest absolute Gasteiger partial charge is 0.361 e. The third-order valence-corrected chi connectivity index (χ3v) is 3.65. The minimum Gasteiger partial charge on any atom is -0.361 e. The van der Waals surface area contributed by atoms with Crippen molar-refractivity contribution >= 4 is 16.8 Å². The lowest BCUT2D eigenvalue weighted by Crippen LogP contribution is -2.29. The fraction of sp³-hybridized carbons (Fsp3) is 0.500. The van der Waals surface area contributed by atoms with Crippen LogP contribution in [-0.4, -0.2) is 17.4 Å². The Labute approximate surface area is 127 Å². The Morgan fingerprint density at radius 3 is 2.71 bits per heavy atom. The van der Waals surface area contributed by atoms with Crippen LogP contribution in [0.15, 0.2) is 24.4 Å². The summed E-state index contributed by atoms with van der Waals surface area (Å²) in [5.41, 5.74) is 3.84. The predicted octanol–water partition coefficient (Wildman–Crippen LogP) is 3.83. The summed E-state index contributed by atoms with van der Waals surface area (Å²) in [6.45, 7) is 9.10. The van der Waals surface area contributed by atoms with Crippen LogP contribution in [0.4, 0.5) is 0 Å². The highest BCUT2D eigenvalue weighted by Gasteiger charge is 2.15. The molecule has 2 N–H and O–H groups in total. The highest BCUT2D eigenvalue weighted by Crippen LogP contribution is 2.21. The maximum absolute atomic E-state index is 11.8. The number of H-pyrrole nitrogens is 1. The number of aryl methyl sites for hydroxylation is 1. The quantitative estimate of drug-likeness (QED) is 0.862. The number of aromatic amines is 1. The van der Waals surface area contributed by atoms with E-state index in [0.29, 0.717) is 13.0 Å². The van der Waals surface area contributed by atoms with Crippen molar-refractivity contribution in [3.05, 3.63) is 35.5 Å². The highest BCUT2D eigenvalue weighted by atomic mass is 16.1. The zero-order valence-electron chi connectivity index (χ0n) is 13.5.